The van der Waals surface area contributed by atoms with Crippen LogP contribution in [-0.4, -0.2) is 58.1 Å². The normalized spacial score (nSPS) is 14.0. The lowest BCUT2D eigenvalue weighted by Crippen LogP contribution is -2.22. The molecule has 1 amide bonds. The number of benzene rings is 3. The van der Waals surface area contributed by atoms with Gasteiger partial charge in [0.15, 0.2) is 0 Å². The first kappa shape index (κ1) is 26.6. The third-order valence-corrected chi connectivity index (χ3v) is 8.75. The molecule has 6 rings (SSSR count). The van der Waals surface area contributed by atoms with Crippen LogP contribution in [0.25, 0.3) is 45.2 Å². The number of carbonyl (C=O) groups is 1. The number of amides is 1. The highest BCUT2D eigenvalue weighted by atomic mass is 28.3. The number of nitrogens with one attached hydrogen (secondary N) is 2. The Hall–Kier alpha value is -4.61. The highest BCUT2D eigenvalue weighted by Gasteiger charge is 2.25. The van der Waals surface area contributed by atoms with E-state index in [1.807, 2.05) is 65.4 Å². The molecule has 11 heteroatoms. The Morgan fingerprint density at radius 2 is 1.88 bits per heavy atom. The smallest absolute Gasteiger partial charge is 0.256 e. The summed E-state index contributed by atoms with van der Waals surface area (Å²) in [5.41, 5.74) is 6.57. The summed E-state index contributed by atoms with van der Waals surface area (Å²) >= 11 is 0. The van der Waals surface area contributed by atoms with Crippen LogP contribution in [0.5, 0.6) is 5.75 Å². The van der Waals surface area contributed by atoms with E-state index >= 15 is 0 Å². The predicted molar refractivity (Wildman–Crippen MR) is 162 cm³/mol. The fourth-order valence-electron chi connectivity index (χ4n) is 4.82. The second-order valence-corrected chi connectivity index (χ2v) is 16.8. The first-order valence-electron chi connectivity index (χ1n) is 13.4. The molecule has 0 spiro atoms. The average Bonchev–Trinajstić information content (AvgIpc) is 3.69. The minimum atomic E-state index is -1.23. The number of methoxy groups -OCH3 is 1. The molecule has 41 heavy (non-hydrogen) atoms. The van der Waals surface area contributed by atoms with Crippen LogP contribution in [0.1, 0.15) is 11.1 Å². The monoisotopic (exact) mass is 565 g/mol. The Balaban J connectivity index is 1.40. The number of anilines is 1. The lowest BCUT2D eigenvalue weighted by atomic mass is 10.0. The van der Waals surface area contributed by atoms with Crippen LogP contribution in [0.4, 0.5) is 5.69 Å². The van der Waals surface area contributed by atoms with Crippen LogP contribution in [0.15, 0.2) is 60.7 Å². The number of aromatic nitrogens is 6. The molecule has 208 valence electrons. The molecular weight excluding hydrogens is 534 g/mol. The van der Waals surface area contributed by atoms with Gasteiger partial charge in [0.1, 0.15) is 18.2 Å². The van der Waals surface area contributed by atoms with Crippen molar-refractivity contribution in [2.24, 2.45) is 0 Å². The van der Waals surface area contributed by atoms with Crippen molar-refractivity contribution in [2.45, 2.75) is 32.4 Å². The van der Waals surface area contributed by atoms with E-state index in [0.717, 1.165) is 50.6 Å². The highest BCUT2D eigenvalue weighted by molar-refractivity contribution is 6.76. The van der Waals surface area contributed by atoms with Gasteiger partial charge in [-0.05, 0) is 59.3 Å². The van der Waals surface area contributed by atoms with Crippen molar-refractivity contribution in [3.63, 3.8) is 0 Å². The third-order valence-electron chi connectivity index (χ3n) is 7.05. The van der Waals surface area contributed by atoms with Crippen molar-refractivity contribution in [3.8, 4) is 28.4 Å². The molecule has 3 aromatic carbocycles. The number of aromatic amines is 1. The Morgan fingerprint density at radius 1 is 1.02 bits per heavy atom. The SMILES string of the molecule is COc1ccc2c(c1)C(=Cc1ccc3c(-c4cccc(-c5nn[nH]n5)c4)nn(COCC[Si](C)(C)C)c3c1)C(=O)N2. The minimum absolute atomic E-state index is 0.143. The molecule has 1 aliphatic heterocycles. The number of H-pyrrole nitrogens is 1. The van der Waals surface area contributed by atoms with Gasteiger partial charge in [-0.15, -0.1) is 10.2 Å². The van der Waals surface area contributed by atoms with Gasteiger partial charge in [0, 0.05) is 48.0 Å². The van der Waals surface area contributed by atoms with E-state index in [0.29, 0.717) is 30.5 Å². The van der Waals surface area contributed by atoms with Gasteiger partial charge in [0.2, 0.25) is 5.82 Å². The number of rotatable bonds is 9. The fourth-order valence-corrected chi connectivity index (χ4v) is 5.57. The molecular formula is C30H31N7O3Si. The van der Waals surface area contributed by atoms with Crippen molar-refractivity contribution in [2.75, 3.05) is 19.0 Å². The van der Waals surface area contributed by atoms with E-state index in [9.17, 15) is 4.79 Å². The third kappa shape index (κ3) is 5.54. The summed E-state index contributed by atoms with van der Waals surface area (Å²) in [6.07, 6.45) is 1.90. The summed E-state index contributed by atoms with van der Waals surface area (Å²) < 4.78 is 13.4. The standard InChI is InChI=1S/C30H31N7O3Si/c1-39-22-9-11-26-24(17-22)25(30(38)31-26)14-19-8-10-23-27(15-19)37(18-40-12-13-41(2,3)4)34-28(23)20-6-5-7-21(16-20)29-32-35-36-33-29/h5-11,14-17H,12-13,18H2,1-4H3,(H,31,38)(H,32,33,35,36). The van der Waals surface area contributed by atoms with Gasteiger partial charge >= 0.3 is 0 Å². The molecule has 0 radical (unpaired) electrons. The number of carbonyl (C=O) groups excluding carboxylic acids is 1. The molecule has 0 unspecified atom stereocenters. The van der Waals surface area contributed by atoms with Gasteiger partial charge < -0.3 is 14.8 Å². The maximum atomic E-state index is 12.9. The second-order valence-electron chi connectivity index (χ2n) is 11.2. The largest absolute Gasteiger partial charge is 0.497 e. The Bertz CT molecular complexity index is 1770. The summed E-state index contributed by atoms with van der Waals surface area (Å²) in [4.78, 5) is 12.9. The number of ether oxygens (including phenoxy) is 2. The first-order chi connectivity index (χ1) is 19.8. The molecule has 3 heterocycles. The number of tetrazole rings is 1. The zero-order valence-corrected chi connectivity index (χ0v) is 24.4. The molecule has 0 saturated heterocycles. The molecule has 5 aromatic rings. The van der Waals surface area contributed by atoms with E-state index in [4.69, 9.17) is 14.6 Å². The van der Waals surface area contributed by atoms with E-state index in [2.05, 4.69) is 51.6 Å². The molecule has 0 aliphatic carbocycles. The second kappa shape index (κ2) is 10.8. The first-order valence-corrected chi connectivity index (χ1v) is 17.1. The number of hydrogen-bond acceptors (Lipinski definition) is 7. The maximum Gasteiger partial charge on any atom is 0.256 e. The fraction of sp³-hybridized carbons (Fsp3) is 0.233. The van der Waals surface area contributed by atoms with Crippen molar-refractivity contribution >= 4 is 42.2 Å². The Kier molecular flexibility index (Phi) is 6.98. The van der Waals surface area contributed by atoms with Gasteiger partial charge in [-0.1, -0.05) is 43.9 Å². The Morgan fingerprint density at radius 3 is 2.66 bits per heavy atom. The van der Waals surface area contributed by atoms with Crippen LogP contribution < -0.4 is 10.1 Å². The number of nitrogens with zero attached hydrogens (tertiary/aromatic N) is 5. The minimum Gasteiger partial charge on any atom is -0.497 e. The quantitative estimate of drug-likeness (QED) is 0.134. The molecule has 10 nitrogen and oxygen atoms in total. The lowest BCUT2D eigenvalue weighted by molar-refractivity contribution is -0.110. The number of fused-ring (bicyclic) bond motifs is 2. The van der Waals surface area contributed by atoms with Crippen LogP contribution in [-0.2, 0) is 16.3 Å². The summed E-state index contributed by atoms with van der Waals surface area (Å²) in [5, 5.41) is 23.3. The van der Waals surface area contributed by atoms with Crippen molar-refractivity contribution in [3.05, 3.63) is 71.8 Å². The van der Waals surface area contributed by atoms with Crippen LogP contribution in [0.2, 0.25) is 25.7 Å². The molecule has 0 saturated carbocycles. The van der Waals surface area contributed by atoms with E-state index in [1.54, 1.807) is 7.11 Å². The van der Waals surface area contributed by atoms with Crippen molar-refractivity contribution in [1.82, 2.24) is 30.4 Å². The molecule has 0 fully saturated rings. The molecule has 2 N–H and O–H groups in total. The summed E-state index contributed by atoms with van der Waals surface area (Å²) in [6, 6.07) is 20.7. The van der Waals surface area contributed by atoms with Gasteiger partial charge in [0.05, 0.1) is 12.6 Å². The van der Waals surface area contributed by atoms with Gasteiger partial charge in [0.25, 0.3) is 5.91 Å². The maximum absolute atomic E-state index is 12.9. The van der Waals surface area contributed by atoms with Crippen LogP contribution >= 0.6 is 0 Å². The summed E-state index contributed by atoms with van der Waals surface area (Å²) in [7, 11) is 0.386. The Labute approximate surface area is 238 Å². The average molecular weight is 566 g/mol. The lowest BCUT2D eigenvalue weighted by Gasteiger charge is -2.15. The zero-order chi connectivity index (χ0) is 28.6. The van der Waals surface area contributed by atoms with E-state index < -0.39 is 8.07 Å². The van der Waals surface area contributed by atoms with Crippen molar-refractivity contribution < 1.29 is 14.3 Å². The van der Waals surface area contributed by atoms with Crippen molar-refractivity contribution in [1.29, 1.82) is 0 Å². The van der Waals surface area contributed by atoms with Gasteiger partial charge in [-0.2, -0.15) is 10.3 Å². The molecule has 1 aliphatic rings. The molecule has 0 atom stereocenters. The van der Waals surface area contributed by atoms with E-state index in [-0.39, 0.29) is 5.91 Å². The van der Waals surface area contributed by atoms with Crippen LogP contribution in [0.3, 0.4) is 0 Å². The molecule has 0 bridgehead atoms. The highest BCUT2D eigenvalue weighted by Crippen LogP contribution is 2.37. The summed E-state index contributed by atoms with van der Waals surface area (Å²) in [5.74, 6) is 1.07. The van der Waals surface area contributed by atoms with Gasteiger partial charge in [-0.3, -0.25) is 4.79 Å². The van der Waals surface area contributed by atoms with E-state index in [1.165, 1.54) is 0 Å². The molecule has 2 aromatic heterocycles. The predicted octanol–water partition coefficient (Wildman–Crippen LogP) is 5.70. The topological polar surface area (TPSA) is 120 Å². The summed E-state index contributed by atoms with van der Waals surface area (Å²) in [6.45, 7) is 8.01. The van der Waals surface area contributed by atoms with Crippen LogP contribution in [0, 0.1) is 0 Å². The number of hydrogen-bond donors (Lipinski definition) is 2. The zero-order valence-electron chi connectivity index (χ0n) is 23.4. The van der Waals surface area contributed by atoms with Gasteiger partial charge in [-0.25, -0.2) is 4.68 Å².